The summed E-state index contributed by atoms with van der Waals surface area (Å²) in [7, 11) is 1.56. The molecule has 0 radical (unpaired) electrons. The van der Waals surface area contributed by atoms with Crippen LogP contribution >= 0.6 is 0 Å². The molecular weight excluding hydrogens is 330 g/mol. The molecule has 6 nitrogen and oxygen atoms in total. The number of methoxy groups -OCH3 is 1. The SMILES string of the molecule is COCC(=O)N1CCCN(C2CCN(C(=O)c3ccccc3)CC2)CC1. The number of hydrogen-bond acceptors (Lipinski definition) is 4. The lowest BCUT2D eigenvalue weighted by molar-refractivity contribution is -0.135. The fourth-order valence-corrected chi connectivity index (χ4v) is 3.96. The fraction of sp³-hybridized carbons (Fsp3) is 0.600. The zero-order chi connectivity index (χ0) is 18.4. The van der Waals surface area contributed by atoms with E-state index in [4.69, 9.17) is 4.74 Å². The van der Waals surface area contributed by atoms with Gasteiger partial charge >= 0.3 is 0 Å². The van der Waals surface area contributed by atoms with Gasteiger partial charge in [-0.1, -0.05) is 18.2 Å². The lowest BCUT2D eigenvalue weighted by Gasteiger charge is -2.38. The van der Waals surface area contributed by atoms with E-state index in [9.17, 15) is 9.59 Å². The summed E-state index contributed by atoms with van der Waals surface area (Å²) in [6.45, 7) is 5.29. The minimum atomic E-state index is 0.0811. The van der Waals surface area contributed by atoms with Crippen LogP contribution in [0.3, 0.4) is 0 Å². The van der Waals surface area contributed by atoms with Crippen molar-refractivity contribution in [2.45, 2.75) is 25.3 Å². The van der Waals surface area contributed by atoms with Crippen LogP contribution in [0.5, 0.6) is 0 Å². The Hall–Kier alpha value is -1.92. The standard InChI is InChI=1S/C20H29N3O3/c1-26-16-19(24)22-11-5-10-21(14-15-22)18-8-12-23(13-9-18)20(25)17-6-3-2-4-7-17/h2-4,6-7,18H,5,8-16H2,1H3. The first-order chi connectivity index (χ1) is 12.7. The maximum Gasteiger partial charge on any atom is 0.253 e. The molecule has 2 aliphatic heterocycles. The molecule has 1 aromatic rings. The first-order valence-electron chi connectivity index (χ1n) is 9.54. The van der Waals surface area contributed by atoms with Crippen LogP contribution in [-0.2, 0) is 9.53 Å². The summed E-state index contributed by atoms with van der Waals surface area (Å²) in [6.07, 6.45) is 3.01. The lowest BCUT2D eigenvalue weighted by atomic mass is 10.0. The first kappa shape index (κ1) is 18.9. The van der Waals surface area contributed by atoms with Crippen LogP contribution in [0, 0.1) is 0 Å². The molecule has 2 fully saturated rings. The molecule has 3 rings (SSSR count). The number of benzene rings is 1. The number of carbonyl (C=O) groups excluding carboxylic acids is 2. The van der Waals surface area contributed by atoms with Gasteiger partial charge in [0.1, 0.15) is 6.61 Å². The molecule has 0 aromatic heterocycles. The van der Waals surface area contributed by atoms with Gasteiger partial charge in [-0.2, -0.15) is 0 Å². The van der Waals surface area contributed by atoms with E-state index in [1.165, 1.54) is 0 Å². The third-order valence-corrected chi connectivity index (χ3v) is 5.44. The van der Waals surface area contributed by atoms with Gasteiger partial charge in [0.05, 0.1) is 0 Å². The number of amides is 2. The van der Waals surface area contributed by atoms with Gasteiger partial charge in [-0.25, -0.2) is 0 Å². The normalized spacial score (nSPS) is 20.0. The third kappa shape index (κ3) is 4.62. The van der Waals surface area contributed by atoms with E-state index in [0.29, 0.717) is 6.04 Å². The van der Waals surface area contributed by atoms with Gasteiger partial charge in [-0.05, 0) is 31.4 Å². The third-order valence-electron chi connectivity index (χ3n) is 5.44. The van der Waals surface area contributed by atoms with Crippen LogP contribution in [0.1, 0.15) is 29.6 Å². The zero-order valence-electron chi connectivity index (χ0n) is 15.6. The highest BCUT2D eigenvalue weighted by molar-refractivity contribution is 5.94. The summed E-state index contributed by atoms with van der Waals surface area (Å²) >= 11 is 0. The largest absolute Gasteiger partial charge is 0.375 e. The second kappa shape index (κ2) is 9.14. The van der Waals surface area contributed by atoms with Crippen LogP contribution in [0.15, 0.2) is 30.3 Å². The van der Waals surface area contributed by atoms with Crippen LogP contribution in [0.4, 0.5) is 0 Å². The van der Waals surface area contributed by atoms with Gasteiger partial charge in [-0.15, -0.1) is 0 Å². The van der Waals surface area contributed by atoms with Crippen LogP contribution < -0.4 is 0 Å². The van der Waals surface area contributed by atoms with Crippen molar-refractivity contribution in [3.63, 3.8) is 0 Å². The Morgan fingerprint density at radius 1 is 0.962 bits per heavy atom. The predicted molar refractivity (Wildman–Crippen MR) is 100 cm³/mol. The number of ether oxygens (including phenoxy) is 1. The smallest absolute Gasteiger partial charge is 0.253 e. The minimum absolute atomic E-state index is 0.0811. The van der Waals surface area contributed by atoms with Crippen molar-refractivity contribution in [3.8, 4) is 0 Å². The number of carbonyl (C=O) groups is 2. The van der Waals surface area contributed by atoms with Crippen molar-refractivity contribution >= 4 is 11.8 Å². The highest BCUT2D eigenvalue weighted by Gasteiger charge is 2.29. The van der Waals surface area contributed by atoms with E-state index in [1.807, 2.05) is 40.1 Å². The minimum Gasteiger partial charge on any atom is -0.375 e. The van der Waals surface area contributed by atoms with Crippen molar-refractivity contribution in [2.75, 3.05) is 53.0 Å². The van der Waals surface area contributed by atoms with E-state index in [0.717, 1.165) is 64.1 Å². The van der Waals surface area contributed by atoms with Gasteiger partial charge in [0.2, 0.25) is 5.91 Å². The molecule has 0 unspecified atom stereocenters. The van der Waals surface area contributed by atoms with Crippen LogP contribution in [-0.4, -0.2) is 85.5 Å². The monoisotopic (exact) mass is 359 g/mol. The average Bonchev–Trinajstić information content (AvgIpc) is 2.95. The Bertz CT molecular complexity index is 600. The summed E-state index contributed by atoms with van der Waals surface area (Å²) in [5.41, 5.74) is 0.771. The molecule has 2 heterocycles. The van der Waals surface area contributed by atoms with Crippen molar-refractivity contribution in [1.29, 1.82) is 0 Å². The van der Waals surface area contributed by atoms with E-state index < -0.39 is 0 Å². The Labute approximate surface area is 155 Å². The quantitative estimate of drug-likeness (QED) is 0.817. The molecule has 26 heavy (non-hydrogen) atoms. The summed E-state index contributed by atoms with van der Waals surface area (Å²) in [5, 5.41) is 0. The summed E-state index contributed by atoms with van der Waals surface area (Å²) < 4.78 is 4.97. The lowest BCUT2D eigenvalue weighted by Crippen LogP contribution is -2.48. The van der Waals surface area contributed by atoms with Crippen molar-refractivity contribution in [2.24, 2.45) is 0 Å². The maximum absolute atomic E-state index is 12.6. The summed E-state index contributed by atoms with van der Waals surface area (Å²) in [6, 6.07) is 10.0. The topological polar surface area (TPSA) is 53.1 Å². The Morgan fingerprint density at radius 2 is 1.69 bits per heavy atom. The Morgan fingerprint density at radius 3 is 2.38 bits per heavy atom. The molecule has 2 saturated heterocycles. The molecule has 0 saturated carbocycles. The highest BCUT2D eigenvalue weighted by atomic mass is 16.5. The number of likely N-dealkylation sites (tertiary alicyclic amines) is 1. The number of nitrogens with zero attached hydrogens (tertiary/aromatic N) is 3. The molecule has 0 atom stereocenters. The second-order valence-electron chi connectivity index (χ2n) is 7.09. The highest BCUT2D eigenvalue weighted by Crippen LogP contribution is 2.20. The van der Waals surface area contributed by atoms with E-state index in [1.54, 1.807) is 7.11 Å². The molecule has 0 aliphatic carbocycles. The molecule has 6 heteroatoms. The van der Waals surface area contributed by atoms with Crippen LogP contribution in [0.2, 0.25) is 0 Å². The van der Waals surface area contributed by atoms with Gasteiger partial charge in [0.15, 0.2) is 0 Å². The Kier molecular flexibility index (Phi) is 6.63. The van der Waals surface area contributed by atoms with Gasteiger partial charge in [0, 0.05) is 58.0 Å². The van der Waals surface area contributed by atoms with Gasteiger partial charge in [0.25, 0.3) is 5.91 Å². The number of piperidine rings is 1. The summed E-state index contributed by atoms with van der Waals surface area (Å²) in [5.74, 6) is 0.217. The van der Waals surface area contributed by atoms with E-state index >= 15 is 0 Å². The summed E-state index contributed by atoms with van der Waals surface area (Å²) in [4.78, 5) is 31.0. The first-order valence-corrected chi connectivity index (χ1v) is 9.54. The molecule has 2 aliphatic rings. The molecule has 0 bridgehead atoms. The molecular formula is C20H29N3O3. The van der Waals surface area contributed by atoms with Gasteiger partial charge in [-0.3, -0.25) is 14.5 Å². The van der Waals surface area contributed by atoms with Crippen LogP contribution in [0.25, 0.3) is 0 Å². The maximum atomic E-state index is 12.6. The van der Waals surface area contributed by atoms with Gasteiger partial charge < -0.3 is 14.5 Å². The van der Waals surface area contributed by atoms with E-state index in [2.05, 4.69) is 4.90 Å². The van der Waals surface area contributed by atoms with Crippen molar-refractivity contribution in [1.82, 2.24) is 14.7 Å². The average molecular weight is 359 g/mol. The van der Waals surface area contributed by atoms with Crippen molar-refractivity contribution < 1.29 is 14.3 Å². The molecule has 2 amide bonds. The molecule has 0 N–H and O–H groups in total. The zero-order valence-corrected chi connectivity index (χ0v) is 15.6. The number of rotatable bonds is 4. The second-order valence-corrected chi connectivity index (χ2v) is 7.09. The Balaban J connectivity index is 1.49. The number of hydrogen-bond donors (Lipinski definition) is 0. The fourth-order valence-electron chi connectivity index (χ4n) is 3.96. The molecule has 1 aromatic carbocycles. The molecule has 0 spiro atoms. The van der Waals surface area contributed by atoms with Crippen molar-refractivity contribution in [3.05, 3.63) is 35.9 Å². The predicted octanol–water partition coefficient (Wildman–Crippen LogP) is 1.47. The van der Waals surface area contributed by atoms with E-state index in [-0.39, 0.29) is 18.4 Å². The molecule has 142 valence electrons.